The summed E-state index contributed by atoms with van der Waals surface area (Å²) in [5.74, 6) is -0.914. The molecule has 1 amide bonds. The third-order valence-electron chi connectivity index (χ3n) is 4.31. The van der Waals surface area contributed by atoms with Gasteiger partial charge in [-0.15, -0.1) is 0 Å². The minimum Gasteiger partial charge on any atom is -0.460 e. The first-order valence-corrected chi connectivity index (χ1v) is 10.1. The number of ether oxygens (including phenoxy) is 1. The molecule has 33 heavy (non-hydrogen) atoms. The normalized spacial score (nSPS) is 10.7. The quantitative estimate of drug-likeness (QED) is 0.184. The number of guanidine groups is 1. The SMILES string of the molecule is C=C(C)C(=O)OCCN(C)c1ccc(N=C(N)NC(=O)c2ccccc2)c2nonc12.[CH2+]C. The van der Waals surface area contributed by atoms with Gasteiger partial charge >= 0.3 is 5.97 Å². The lowest BCUT2D eigenvalue weighted by molar-refractivity contribution is -0.138. The summed E-state index contributed by atoms with van der Waals surface area (Å²) < 4.78 is 10.0. The van der Waals surface area contributed by atoms with Crippen molar-refractivity contribution in [1.82, 2.24) is 15.6 Å². The van der Waals surface area contributed by atoms with E-state index in [4.69, 9.17) is 15.1 Å². The number of esters is 1. The Hall–Kier alpha value is -4.34. The van der Waals surface area contributed by atoms with Gasteiger partial charge in [0.15, 0.2) is 11.0 Å². The predicted molar refractivity (Wildman–Crippen MR) is 127 cm³/mol. The highest BCUT2D eigenvalue weighted by Gasteiger charge is 2.16. The van der Waals surface area contributed by atoms with Gasteiger partial charge in [0.05, 0.1) is 31.8 Å². The third kappa shape index (κ3) is 6.57. The molecule has 0 aliphatic rings. The maximum Gasteiger partial charge on any atom is 0.333 e. The van der Waals surface area contributed by atoms with E-state index in [0.717, 1.165) is 0 Å². The lowest BCUT2D eigenvalue weighted by atomic mass is 10.2. The van der Waals surface area contributed by atoms with Crippen molar-refractivity contribution >= 4 is 40.2 Å². The number of nitrogens with zero attached hydrogens (tertiary/aromatic N) is 4. The molecule has 10 nitrogen and oxygen atoms in total. The molecule has 1 aromatic heterocycles. The maximum atomic E-state index is 12.2. The molecule has 0 aliphatic heterocycles. The molecule has 172 valence electrons. The Bertz CT molecular complexity index is 1140. The number of nitrogens with one attached hydrogen (secondary N) is 1. The van der Waals surface area contributed by atoms with Gasteiger partial charge in [0, 0.05) is 18.2 Å². The predicted octanol–water partition coefficient (Wildman–Crippen LogP) is 2.99. The number of benzene rings is 2. The molecule has 0 saturated heterocycles. The minimum atomic E-state index is -0.445. The largest absolute Gasteiger partial charge is 0.460 e. The molecular formula is C23H27N6O4+. The van der Waals surface area contributed by atoms with E-state index in [1.165, 1.54) is 0 Å². The van der Waals surface area contributed by atoms with E-state index in [9.17, 15) is 9.59 Å². The summed E-state index contributed by atoms with van der Waals surface area (Å²) in [5, 5.41) is 10.4. The smallest absolute Gasteiger partial charge is 0.333 e. The lowest BCUT2D eigenvalue weighted by Crippen LogP contribution is -2.36. The van der Waals surface area contributed by atoms with Crippen molar-refractivity contribution in [2.75, 3.05) is 25.1 Å². The fraction of sp³-hybridized carbons (Fsp3) is 0.217. The monoisotopic (exact) mass is 451 g/mol. The zero-order valence-corrected chi connectivity index (χ0v) is 18.9. The van der Waals surface area contributed by atoms with Gasteiger partial charge < -0.3 is 15.4 Å². The fourth-order valence-electron chi connectivity index (χ4n) is 2.69. The van der Waals surface area contributed by atoms with Gasteiger partial charge in [-0.2, -0.15) is 0 Å². The van der Waals surface area contributed by atoms with Crippen LogP contribution in [0.4, 0.5) is 11.4 Å². The fourth-order valence-corrected chi connectivity index (χ4v) is 2.69. The molecule has 0 saturated carbocycles. The molecule has 1 heterocycles. The third-order valence-corrected chi connectivity index (χ3v) is 4.31. The Kier molecular flexibility index (Phi) is 8.98. The van der Waals surface area contributed by atoms with Crippen LogP contribution in [0.15, 0.2) is 64.2 Å². The molecule has 0 radical (unpaired) electrons. The molecule has 0 fully saturated rings. The van der Waals surface area contributed by atoms with E-state index in [-0.39, 0.29) is 18.5 Å². The molecular weight excluding hydrogens is 424 g/mol. The molecule has 2 aromatic carbocycles. The number of likely N-dealkylation sites (N-methyl/N-ethyl adjacent to an activating group) is 1. The van der Waals surface area contributed by atoms with Crippen LogP contribution in [0.2, 0.25) is 0 Å². The van der Waals surface area contributed by atoms with Crippen LogP contribution in [0.3, 0.4) is 0 Å². The number of aliphatic imine (C=N–C) groups is 1. The number of nitrogens with two attached hydrogens (primary N) is 1. The van der Waals surface area contributed by atoms with Gasteiger partial charge in [-0.3, -0.25) is 10.1 Å². The van der Waals surface area contributed by atoms with Crippen molar-refractivity contribution in [2.45, 2.75) is 13.8 Å². The highest BCUT2D eigenvalue weighted by molar-refractivity contribution is 6.06. The first-order valence-electron chi connectivity index (χ1n) is 10.1. The minimum absolute atomic E-state index is 0.0917. The van der Waals surface area contributed by atoms with Crippen LogP contribution in [-0.2, 0) is 9.53 Å². The van der Waals surface area contributed by atoms with Crippen LogP contribution < -0.4 is 16.0 Å². The summed E-state index contributed by atoms with van der Waals surface area (Å²) in [6.07, 6.45) is 0. The average Bonchev–Trinajstić information content (AvgIpc) is 3.31. The molecule has 0 bridgehead atoms. The Morgan fingerprint density at radius 1 is 1.18 bits per heavy atom. The summed E-state index contributed by atoms with van der Waals surface area (Å²) in [4.78, 5) is 29.8. The summed E-state index contributed by atoms with van der Waals surface area (Å²) >= 11 is 0. The maximum absolute atomic E-state index is 12.2. The molecule has 3 aromatic rings. The van der Waals surface area contributed by atoms with Crippen molar-refractivity contribution in [3.8, 4) is 0 Å². The van der Waals surface area contributed by atoms with Crippen molar-refractivity contribution in [3.05, 3.63) is 67.1 Å². The number of amides is 1. The topological polar surface area (TPSA) is 136 Å². The van der Waals surface area contributed by atoms with Crippen LogP contribution in [0.25, 0.3) is 11.0 Å². The summed E-state index contributed by atoms with van der Waals surface area (Å²) in [7, 11) is 1.81. The van der Waals surface area contributed by atoms with Gasteiger partial charge in [0.1, 0.15) is 6.61 Å². The van der Waals surface area contributed by atoms with Crippen molar-refractivity contribution in [1.29, 1.82) is 0 Å². The Balaban J connectivity index is 0.00000187. The summed E-state index contributed by atoms with van der Waals surface area (Å²) in [6, 6.07) is 12.1. The zero-order valence-electron chi connectivity index (χ0n) is 18.9. The lowest BCUT2D eigenvalue weighted by Gasteiger charge is -2.19. The van der Waals surface area contributed by atoms with Gasteiger partial charge in [-0.1, -0.05) is 24.8 Å². The first kappa shape index (κ1) is 24.9. The number of fused-ring (bicyclic) bond motifs is 1. The molecule has 0 unspecified atom stereocenters. The molecule has 0 aliphatic carbocycles. The highest BCUT2D eigenvalue weighted by atomic mass is 16.6. The van der Waals surface area contributed by atoms with Gasteiger partial charge in [-0.25, -0.2) is 14.4 Å². The second-order valence-electron chi connectivity index (χ2n) is 6.72. The average molecular weight is 452 g/mol. The van der Waals surface area contributed by atoms with E-state index < -0.39 is 5.97 Å². The van der Waals surface area contributed by atoms with E-state index in [2.05, 4.69) is 34.1 Å². The second-order valence-corrected chi connectivity index (χ2v) is 6.72. The van der Waals surface area contributed by atoms with Crippen LogP contribution >= 0.6 is 0 Å². The van der Waals surface area contributed by atoms with E-state index in [0.29, 0.717) is 40.1 Å². The summed E-state index contributed by atoms with van der Waals surface area (Å²) in [6.45, 7) is 10.7. The number of carbonyl (C=O) groups excluding carboxylic acids is 2. The molecule has 3 N–H and O–H groups in total. The van der Waals surface area contributed by atoms with Crippen LogP contribution in [0.5, 0.6) is 0 Å². The van der Waals surface area contributed by atoms with Gasteiger partial charge in [0.2, 0.25) is 5.96 Å². The number of hydrogen-bond acceptors (Lipinski definition) is 8. The Labute approximate surface area is 192 Å². The second kappa shape index (κ2) is 11.9. The van der Waals surface area contributed by atoms with Gasteiger partial charge in [0.25, 0.3) is 5.91 Å². The number of carbonyl (C=O) groups is 2. The number of anilines is 1. The van der Waals surface area contributed by atoms with Crippen LogP contribution in [0, 0.1) is 6.92 Å². The van der Waals surface area contributed by atoms with E-state index >= 15 is 0 Å². The molecule has 0 spiro atoms. The molecule has 0 atom stereocenters. The number of rotatable bonds is 7. The van der Waals surface area contributed by atoms with E-state index in [1.807, 2.05) is 18.0 Å². The van der Waals surface area contributed by atoms with Crippen LogP contribution in [0.1, 0.15) is 24.2 Å². The molecule has 10 heteroatoms. The van der Waals surface area contributed by atoms with Crippen molar-refractivity contribution in [2.24, 2.45) is 10.7 Å². The van der Waals surface area contributed by atoms with Crippen molar-refractivity contribution in [3.63, 3.8) is 0 Å². The summed E-state index contributed by atoms with van der Waals surface area (Å²) in [5.41, 5.74) is 8.60. The first-order chi connectivity index (χ1) is 15.9. The van der Waals surface area contributed by atoms with Crippen molar-refractivity contribution < 1.29 is 19.0 Å². The van der Waals surface area contributed by atoms with Crippen LogP contribution in [-0.4, -0.2) is 48.3 Å². The molecule has 3 rings (SSSR count). The zero-order chi connectivity index (χ0) is 24.4. The van der Waals surface area contributed by atoms with E-state index in [1.54, 1.807) is 50.2 Å². The van der Waals surface area contributed by atoms with Gasteiger partial charge in [-0.05, 0) is 41.5 Å². The number of hydrogen-bond donors (Lipinski definition) is 2. The Morgan fingerprint density at radius 3 is 2.52 bits per heavy atom. The number of aromatic nitrogens is 2. The Morgan fingerprint density at radius 2 is 1.85 bits per heavy atom. The highest BCUT2D eigenvalue weighted by Crippen LogP contribution is 2.31. The standard InChI is InChI=1S/C21H22N6O4.C2H5/c1-13(2)20(29)30-12-11-27(3)16-10-9-15(17-18(16)26-31-25-17)23-21(22)24-19(28)14-7-5-4-6-8-14;1-2/h4-10H,1,11-12H2,2-3H3,(H3,22,23,24,28);1H2,2H3/q;+1.